The third kappa shape index (κ3) is 3.82. The van der Waals surface area contributed by atoms with Gasteiger partial charge in [0.1, 0.15) is 24.3 Å². The van der Waals surface area contributed by atoms with Gasteiger partial charge in [0.15, 0.2) is 0 Å². The summed E-state index contributed by atoms with van der Waals surface area (Å²) in [5.74, 6) is -1.06. The number of carbonyl (C=O) groups is 3. The number of amides is 3. The second-order valence-corrected chi connectivity index (χ2v) is 8.38. The quantitative estimate of drug-likeness (QED) is 0.448. The first-order valence-electron chi connectivity index (χ1n) is 10.7. The van der Waals surface area contributed by atoms with Gasteiger partial charge < -0.3 is 14.5 Å². The van der Waals surface area contributed by atoms with Gasteiger partial charge in [-0.05, 0) is 36.8 Å². The zero-order valence-electron chi connectivity index (χ0n) is 17.7. The van der Waals surface area contributed by atoms with Gasteiger partial charge in [-0.1, -0.05) is 38.8 Å². The lowest BCUT2D eigenvalue weighted by molar-refractivity contribution is -0.149. The second kappa shape index (κ2) is 8.17. The molecule has 8 heteroatoms. The van der Waals surface area contributed by atoms with Crippen molar-refractivity contribution in [1.29, 1.82) is 0 Å². The molecular formula is C23H26N2O6. The fourth-order valence-electron chi connectivity index (χ4n) is 4.59. The van der Waals surface area contributed by atoms with E-state index < -0.39 is 29.7 Å². The summed E-state index contributed by atoms with van der Waals surface area (Å²) in [6, 6.07) is 6.26. The predicted molar refractivity (Wildman–Crippen MR) is 112 cm³/mol. The fourth-order valence-corrected chi connectivity index (χ4v) is 4.59. The topological polar surface area (TPSA) is 106 Å². The number of aryl methyl sites for hydroxylation is 1. The largest absolute Gasteiger partial charge is 0.459 e. The van der Waals surface area contributed by atoms with Gasteiger partial charge in [0.2, 0.25) is 0 Å². The van der Waals surface area contributed by atoms with E-state index in [1.807, 2.05) is 26.0 Å². The van der Waals surface area contributed by atoms with Crippen LogP contribution in [0.3, 0.4) is 0 Å². The fraction of sp³-hybridized carbons (Fsp3) is 0.478. The molecule has 1 saturated heterocycles. The maximum absolute atomic E-state index is 13.0. The minimum atomic E-state index is -0.915. The van der Waals surface area contributed by atoms with Gasteiger partial charge in [-0.2, -0.15) is 0 Å². The monoisotopic (exact) mass is 426 g/mol. The molecule has 1 spiro atoms. The number of imide groups is 1. The molecule has 164 valence electrons. The van der Waals surface area contributed by atoms with E-state index in [4.69, 9.17) is 9.15 Å². The van der Waals surface area contributed by atoms with E-state index in [1.54, 1.807) is 6.07 Å². The summed E-state index contributed by atoms with van der Waals surface area (Å²) in [6.45, 7) is 3.34. The number of urea groups is 1. The zero-order valence-corrected chi connectivity index (χ0v) is 17.7. The van der Waals surface area contributed by atoms with Gasteiger partial charge in [-0.3, -0.25) is 14.5 Å². The number of nitrogens with one attached hydrogen (secondary N) is 1. The minimum Gasteiger partial charge on any atom is -0.459 e. The minimum absolute atomic E-state index is 0.0154. The molecule has 2 aliphatic rings. The lowest BCUT2D eigenvalue weighted by atomic mass is 9.73. The molecule has 31 heavy (non-hydrogen) atoms. The van der Waals surface area contributed by atoms with Crippen molar-refractivity contribution in [2.45, 2.75) is 58.1 Å². The smallest absolute Gasteiger partial charge is 0.336 e. The first-order valence-corrected chi connectivity index (χ1v) is 10.7. The SMILES string of the molecule is CCc1ccc2c(COC(=O)CN3C(=O)N[C@@]4(CCCC[C@H]4C)C3=O)cc(=O)oc2c1. The van der Waals surface area contributed by atoms with Crippen LogP contribution in [-0.4, -0.2) is 34.9 Å². The number of fused-ring (bicyclic) bond motifs is 1. The van der Waals surface area contributed by atoms with E-state index in [0.717, 1.165) is 36.1 Å². The molecule has 4 rings (SSSR count). The van der Waals surface area contributed by atoms with Crippen molar-refractivity contribution in [3.05, 3.63) is 45.8 Å². The van der Waals surface area contributed by atoms with Gasteiger partial charge >= 0.3 is 17.6 Å². The van der Waals surface area contributed by atoms with Crippen molar-refractivity contribution in [3.63, 3.8) is 0 Å². The average molecular weight is 426 g/mol. The van der Waals surface area contributed by atoms with Crippen LogP contribution in [0, 0.1) is 5.92 Å². The zero-order chi connectivity index (χ0) is 22.2. The molecule has 1 aliphatic carbocycles. The Morgan fingerprint density at radius 2 is 2.06 bits per heavy atom. The summed E-state index contributed by atoms with van der Waals surface area (Å²) < 4.78 is 10.6. The molecule has 0 bridgehead atoms. The number of rotatable bonds is 5. The van der Waals surface area contributed by atoms with Crippen molar-refractivity contribution in [2.75, 3.05) is 6.54 Å². The van der Waals surface area contributed by atoms with Crippen molar-refractivity contribution in [2.24, 2.45) is 5.92 Å². The van der Waals surface area contributed by atoms with Crippen molar-refractivity contribution in [1.82, 2.24) is 10.2 Å². The van der Waals surface area contributed by atoms with Crippen molar-refractivity contribution in [3.8, 4) is 0 Å². The standard InChI is InChI=1S/C23H26N2O6/c1-3-15-7-8-17-16(11-19(26)31-18(17)10-15)13-30-20(27)12-25-21(28)23(24-22(25)29)9-5-4-6-14(23)2/h7-8,10-11,14H,3-6,9,12-13H2,1-2H3,(H,24,29)/t14-,23-/m1/s1. The molecule has 1 N–H and O–H groups in total. The Bertz CT molecular complexity index is 1110. The summed E-state index contributed by atoms with van der Waals surface area (Å²) in [6.07, 6.45) is 4.11. The van der Waals surface area contributed by atoms with E-state index in [9.17, 15) is 19.2 Å². The lowest BCUT2D eigenvalue weighted by Crippen LogP contribution is -2.54. The number of hydrogen-bond acceptors (Lipinski definition) is 6. The molecule has 0 unspecified atom stereocenters. The Morgan fingerprint density at radius 3 is 2.81 bits per heavy atom. The Labute approximate surface area is 179 Å². The maximum Gasteiger partial charge on any atom is 0.336 e. The molecule has 2 aromatic rings. The summed E-state index contributed by atoms with van der Waals surface area (Å²) in [5.41, 5.74) is 0.515. The van der Waals surface area contributed by atoms with E-state index in [-0.39, 0.29) is 18.4 Å². The van der Waals surface area contributed by atoms with Crippen molar-refractivity contribution < 1.29 is 23.5 Å². The van der Waals surface area contributed by atoms with Crippen LogP contribution >= 0.6 is 0 Å². The molecule has 1 saturated carbocycles. The highest BCUT2D eigenvalue weighted by Gasteiger charge is 2.55. The summed E-state index contributed by atoms with van der Waals surface area (Å²) >= 11 is 0. The van der Waals surface area contributed by atoms with Crippen LogP contribution in [0.5, 0.6) is 0 Å². The van der Waals surface area contributed by atoms with Crippen LogP contribution in [0.2, 0.25) is 0 Å². The normalized spacial score (nSPS) is 23.4. The highest BCUT2D eigenvalue weighted by molar-refractivity contribution is 6.09. The Hall–Kier alpha value is -3.16. The van der Waals surface area contributed by atoms with Crippen LogP contribution < -0.4 is 10.9 Å². The van der Waals surface area contributed by atoms with Crippen LogP contribution in [-0.2, 0) is 27.4 Å². The van der Waals surface area contributed by atoms with E-state index in [1.165, 1.54) is 6.07 Å². The van der Waals surface area contributed by atoms with Gasteiger partial charge in [-0.15, -0.1) is 0 Å². The van der Waals surface area contributed by atoms with E-state index in [0.29, 0.717) is 23.0 Å². The number of hydrogen-bond donors (Lipinski definition) is 1. The summed E-state index contributed by atoms with van der Waals surface area (Å²) in [7, 11) is 0. The highest BCUT2D eigenvalue weighted by Crippen LogP contribution is 2.38. The number of benzene rings is 1. The number of nitrogens with zero attached hydrogens (tertiary/aromatic N) is 1. The highest BCUT2D eigenvalue weighted by atomic mass is 16.5. The van der Waals surface area contributed by atoms with Gasteiger partial charge in [0, 0.05) is 17.0 Å². The number of ether oxygens (including phenoxy) is 1. The molecule has 8 nitrogen and oxygen atoms in total. The first kappa shape index (κ1) is 21.1. The second-order valence-electron chi connectivity index (χ2n) is 8.38. The first-order chi connectivity index (χ1) is 14.8. The average Bonchev–Trinajstić information content (AvgIpc) is 2.98. The van der Waals surface area contributed by atoms with Gasteiger partial charge in [0.25, 0.3) is 5.91 Å². The lowest BCUT2D eigenvalue weighted by Gasteiger charge is -2.36. The Balaban J connectivity index is 1.46. The van der Waals surface area contributed by atoms with E-state index in [2.05, 4.69) is 5.32 Å². The molecular weight excluding hydrogens is 400 g/mol. The van der Waals surface area contributed by atoms with Crippen LogP contribution in [0.25, 0.3) is 11.0 Å². The van der Waals surface area contributed by atoms with Gasteiger partial charge in [-0.25, -0.2) is 9.59 Å². The third-order valence-corrected chi connectivity index (χ3v) is 6.48. The number of esters is 1. The Morgan fingerprint density at radius 1 is 1.26 bits per heavy atom. The van der Waals surface area contributed by atoms with Gasteiger partial charge in [0.05, 0.1) is 0 Å². The molecule has 2 heterocycles. The molecule has 1 aromatic heterocycles. The molecule has 2 atom stereocenters. The predicted octanol–water partition coefficient (Wildman–Crippen LogP) is 2.90. The maximum atomic E-state index is 13.0. The molecule has 0 radical (unpaired) electrons. The summed E-state index contributed by atoms with van der Waals surface area (Å²) in [5, 5.41) is 3.49. The van der Waals surface area contributed by atoms with Crippen molar-refractivity contribution >= 4 is 28.9 Å². The Kier molecular flexibility index (Phi) is 5.56. The third-order valence-electron chi connectivity index (χ3n) is 6.48. The van der Waals surface area contributed by atoms with E-state index >= 15 is 0 Å². The van der Waals surface area contributed by atoms with Crippen LogP contribution in [0.4, 0.5) is 4.79 Å². The molecule has 1 aliphatic heterocycles. The van der Waals surface area contributed by atoms with Crippen LogP contribution in [0.15, 0.2) is 33.5 Å². The summed E-state index contributed by atoms with van der Waals surface area (Å²) in [4.78, 5) is 50.7. The molecule has 3 amide bonds. The number of carbonyl (C=O) groups excluding carboxylic acids is 3. The molecule has 2 fully saturated rings. The van der Waals surface area contributed by atoms with Crippen LogP contribution in [0.1, 0.15) is 50.7 Å². The molecule has 1 aromatic carbocycles.